The Bertz CT molecular complexity index is 2290. The molecule has 1 atom stereocenters. The first-order valence-electron chi connectivity index (χ1n) is 17.1. The lowest BCUT2D eigenvalue weighted by molar-refractivity contribution is 0.0500. The Morgan fingerprint density at radius 2 is 1.40 bits per heavy atom. The lowest BCUT2D eigenvalue weighted by atomic mass is 9.77. The summed E-state index contributed by atoms with van der Waals surface area (Å²) in [6, 6.07) is 34.6. The average Bonchev–Trinajstić information content (AvgIpc) is 3.56. The Hall–Kier alpha value is -5.81. The molecule has 7 rings (SSSR count). The Morgan fingerprint density at radius 1 is 0.827 bits per heavy atom. The minimum absolute atomic E-state index is 0.0542. The molecule has 2 aromatic heterocycles. The Balaban J connectivity index is 1.30. The standard InChI is InChI=1S/C41H39N5O5S/c1-27-31(20-21-32-35(23-25-52(49,50)36(27)32)45-39(48)51-40(2,3)4)38(47)44-34-22-24-42-37-33(34)26-43-46(37)41(28-14-8-5-9-15-28,29-16-10-6-11-17-29)30-18-12-7-13-19-30/h5-22,24,26,35H,23,25H2,1-4H3,(H,45,48)(H,42,44,47)/t35-/m0/s1. The number of pyridine rings is 1. The minimum atomic E-state index is -3.73. The summed E-state index contributed by atoms with van der Waals surface area (Å²) in [6.07, 6.45) is 2.87. The molecule has 10 nitrogen and oxygen atoms in total. The minimum Gasteiger partial charge on any atom is -0.444 e. The number of ether oxygens (including phenoxy) is 1. The zero-order valence-corrected chi connectivity index (χ0v) is 30.1. The second kappa shape index (κ2) is 13.4. The monoisotopic (exact) mass is 713 g/mol. The number of sulfone groups is 1. The Kier molecular flexibility index (Phi) is 8.92. The van der Waals surface area contributed by atoms with Crippen LogP contribution in [0.4, 0.5) is 10.5 Å². The lowest BCUT2D eigenvalue weighted by Gasteiger charge is -2.36. The second-order valence-electron chi connectivity index (χ2n) is 13.9. The fourth-order valence-corrected chi connectivity index (χ4v) is 9.05. The third-order valence-corrected chi connectivity index (χ3v) is 11.3. The van der Waals surface area contributed by atoms with Crippen LogP contribution in [-0.2, 0) is 20.1 Å². The molecule has 2 N–H and O–H groups in total. The van der Waals surface area contributed by atoms with Crippen LogP contribution in [0.15, 0.2) is 126 Å². The van der Waals surface area contributed by atoms with Gasteiger partial charge in [-0.1, -0.05) is 97.1 Å². The van der Waals surface area contributed by atoms with Crippen LogP contribution in [0.5, 0.6) is 0 Å². The van der Waals surface area contributed by atoms with Gasteiger partial charge in [-0.05, 0) is 74.1 Å². The van der Waals surface area contributed by atoms with Crippen LogP contribution in [0.1, 0.15) is 71.4 Å². The zero-order chi connectivity index (χ0) is 36.7. The first kappa shape index (κ1) is 34.6. The molecule has 0 saturated carbocycles. The van der Waals surface area contributed by atoms with E-state index in [1.54, 1.807) is 58.3 Å². The van der Waals surface area contributed by atoms with Gasteiger partial charge in [0, 0.05) is 11.8 Å². The van der Waals surface area contributed by atoms with Gasteiger partial charge in [-0.3, -0.25) is 4.79 Å². The topological polar surface area (TPSA) is 132 Å². The normalized spacial score (nSPS) is 15.4. The van der Waals surface area contributed by atoms with E-state index >= 15 is 0 Å². The predicted octanol–water partition coefficient (Wildman–Crippen LogP) is 7.58. The van der Waals surface area contributed by atoms with Crippen molar-refractivity contribution in [1.29, 1.82) is 0 Å². The van der Waals surface area contributed by atoms with Crippen LogP contribution in [0, 0.1) is 6.92 Å². The smallest absolute Gasteiger partial charge is 0.408 e. The van der Waals surface area contributed by atoms with E-state index in [0.717, 1.165) is 16.7 Å². The van der Waals surface area contributed by atoms with Crippen LogP contribution in [-0.4, -0.2) is 46.5 Å². The maximum atomic E-state index is 14.0. The predicted molar refractivity (Wildman–Crippen MR) is 200 cm³/mol. The lowest BCUT2D eigenvalue weighted by Crippen LogP contribution is -2.38. The molecule has 0 radical (unpaired) electrons. The number of carbonyl (C=O) groups is 2. The summed E-state index contributed by atoms with van der Waals surface area (Å²) >= 11 is 0. The molecule has 0 saturated heterocycles. The van der Waals surface area contributed by atoms with Crippen molar-refractivity contribution in [3.63, 3.8) is 0 Å². The molecule has 0 spiro atoms. The number of hydrogen-bond donors (Lipinski definition) is 2. The molecule has 11 heteroatoms. The van der Waals surface area contributed by atoms with E-state index in [0.29, 0.717) is 27.8 Å². The number of carbonyl (C=O) groups excluding carboxylic acids is 2. The number of amides is 2. The van der Waals surface area contributed by atoms with Crippen LogP contribution in [0.2, 0.25) is 0 Å². The SMILES string of the molecule is Cc1c(C(=O)Nc2ccnc3c2cnn3C(c2ccccc2)(c2ccccc2)c2ccccc2)ccc2c1S(=O)(=O)CC[C@@H]2NC(=O)OC(C)(C)C. The molecule has 3 heterocycles. The summed E-state index contributed by atoms with van der Waals surface area (Å²) in [4.78, 5) is 31.5. The van der Waals surface area contributed by atoms with Gasteiger partial charge in [0.15, 0.2) is 15.5 Å². The maximum absolute atomic E-state index is 14.0. The van der Waals surface area contributed by atoms with E-state index in [1.807, 2.05) is 59.3 Å². The molecule has 0 bridgehead atoms. The molecule has 1 aliphatic heterocycles. The molecule has 1 aliphatic rings. The van der Waals surface area contributed by atoms with E-state index in [-0.39, 0.29) is 22.6 Å². The molecule has 0 fully saturated rings. The van der Waals surface area contributed by atoms with Gasteiger partial charge in [0.2, 0.25) is 0 Å². The third kappa shape index (κ3) is 6.21. The molecule has 0 unspecified atom stereocenters. The van der Waals surface area contributed by atoms with Gasteiger partial charge < -0.3 is 15.4 Å². The fraction of sp³-hybridized carbons (Fsp3) is 0.220. The summed E-state index contributed by atoms with van der Waals surface area (Å²) in [5.41, 5.74) is 3.22. The zero-order valence-electron chi connectivity index (χ0n) is 29.3. The molecule has 4 aromatic carbocycles. The van der Waals surface area contributed by atoms with Gasteiger partial charge in [0.25, 0.3) is 5.91 Å². The van der Waals surface area contributed by atoms with Crippen molar-refractivity contribution in [3.8, 4) is 0 Å². The molecule has 264 valence electrons. The van der Waals surface area contributed by atoms with Crippen molar-refractivity contribution < 1.29 is 22.7 Å². The van der Waals surface area contributed by atoms with E-state index in [9.17, 15) is 18.0 Å². The van der Waals surface area contributed by atoms with E-state index in [4.69, 9.17) is 14.8 Å². The Labute approximate surface area is 302 Å². The highest BCUT2D eigenvalue weighted by Crippen LogP contribution is 2.43. The number of benzene rings is 4. The number of rotatable bonds is 7. The molecule has 0 aliphatic carbocycles. The van der Waals surface area contributed by atoms with Crippen LogP contribution < -0.4 is 10.6 Å². The molecule has 2 amide bonds. The maximum Gasteiger partial charge on any atom is 0.408 e. The summed E-state index contributed by atoms with van der Waals surface area (Å²) < 4.78 is 34.1. The van der Waals surface area contributed by atoms with Crippen molar-refractivity contribution in [3.05, 3.63) is 155 Å². The van der Waals surface area contributed by atoms with Crippen molar-refractivity contribution in [2.45, 2.75) is 56.2 Å². The van der Waals surface area contributed by atoms with E-state index < -0.39 is 39.0 Å². The number of nitrogens with zero attached hydrogens (tertiary/aromatic N) is 3. The average molecular weight is 714 g/mol. The highest BCUT2D eigenvalue weighted by molar-refractivity contribution is 7.91. The van der Waals surface area contributed by atoms with Gasteiger partial charge in [-0.25, -0.2) is 22.9 Å². The van der Waals surface area contributed by atoms with Gasteiger partial charge in [-0.15, -0.1) is 0 Å². The Morgan fingerprint density at radius 3 is 1.96 bits per heavy atom. The molecular weight excluding hydrogens is 675 g/mol. The summed E-state index contributed by atoms with van der Waals surface area (Å²) in [7, 11) is -3.73. The van der Waals surface area contributed by atoms with Crippen LogP contribution >= 0.6 is 0 Å². The number of hydrogen-bond acceptors (Lipinski definition) is 7. The fourth-order valence-electron chi connectivity index (χ4n) is 7.15. The van der Waals surface area contributed by atoms with E-state index in [2.05, 4.69) is 47.0 Å². The second-order valence-corrected chi connectivity index (χ2v) is 15.9. The summed E-state index contributed by atoms with van der Waals surface area (Å²) in [6.45, 7) is 6.90. The summed E-state index contributed by atoms with van der Waals surface area (Å²) in [5.74, 6) is -0.666. The van der Waals surface area contributed by atoms with Crippen LogP contribution in [0.3, 0.4) is 0 Å². The largest absolute Gasteiger partial charge is 0.444 e. The number of alkyl carbamates (subject to hydrolysis) is 1. The molecule has 52 heavy (non-hydrogen) atoms. The van der Waals surface area contributed by atoms with Gasteiger partial charge in [-0.2, -0.15) is 5.10 Å². The third-order valence-electron chi connectivity index (χ3n) is 9.35. The first-order chi connectivity index (χ1) is 24.9. The number of fused-ring (bicyclic) bond motifs is 2. The quantitative estimate of drug-likeness (QED) is 0.163. The van der Waals surface area contributed by atoms with Gasteiger partial charge >= 0.3 is 6.09 Å². The van der Waals surface area contributed by atoms with Crippen LogP contribution in [0.25, 0.3) is 11.0 Å². The molecular formula is C41H39N5O5S. The number of aromatic nitrogens is 3. The highest BCUT2D eigenvalue weighted by atomic mass is 32.2. The van der Waals surface area contributed by atoms with Gasteiger partial charge in [0.1, 0.15) is 11.1 Å². The van der Waals surface area contributed by atoms with Crippen molar-refractivity contribution in [2.24, 2.45) is 0 Å². The van der Waals surface area contributed by atoms with Gasteiger partial charge in [0.05, 0.1) is 34.0 Å². The number of anilines is 1. The summed E-state index contributed by atoms with van der Waals surface area (Å²) in [5, 5.41) is 11.4. The van der Waals surface area contributed by atoms with Crippen molar-refractivity contribution >= 4 is 38.6 Å². The van der Waals surface area contributed by atoms with Crippen molar-refractivity contribution in [2.75, 3.05) is 11.1 Å². The first-order valence-corrected chi connectivity index (χ1v) is 18.7. The number of nitrogens with one attached hydrogen (secondary N) is 2. The highest BCUT2D eigenvalue weighted by Gasteiger charge is 2.41. The van der Waals surface area contributed by atoms with Crippen molar-refractivity contribution in [1.82, 2.24) is 20.1 Å². The molecule has 6 aromatic rings. The van der Waals surface area contributed by atoms with E-state index in [1.165, 1.54) is 0 Å².